The summed E-state index contributed by atoms with van der Waals surface area (Å²) in [5.74, 6) is 2.02. The lowest BCUT2D eigenvalue weighted by Crippen LogP contribution is -2.18. The van der Waals surface area contributed by atoms with E-state index in [-0.39, 0.29) is 11.0 Å². The Morgan fingerprint density at radius 3 is 2.60 bits per heavy atom. The minimum atomic E-state index is -1.02. The summed E-state index contributed by atoms with van der Waals surface area (Å²) < 4.78 is 19.8. The van der Waals surface area contributed by atoms with Gasteiger partial charge < -0.3 is 14.8 Å². The van der Waals surface area contributed by atoms with Gasteiger partial charge in [0.1, 0.15) is 5.75 Å². The molecule has 6 heteroatoms. The number of hydrogen-bond acceptors (Lipinski definition) is 3. The van der Waals surface area contributed by atoms with Crippen molar-refractivity contribution in [1.82, 2.24) is 4.57 Å². The van der Waals surface area contributed by atoms with E-state index in [9.17, 15) is 9.00 Å². The quantitative estimate of drug-likeness (QED) is 0.791. The number of nitrogens with zero attached hydrogens (tertiary/aromatic N) is 1. The number of ether oxygens (including phenoxy) is 1. The molecule has 1 aliphatic carbocycles. The normalized spacial score (nSPS) is 14.7. The second-order valence-electron chi connectivity index (χ2n) is 6.37. The maximum Gasteiger partial charge on any atom is 0.253 e. The van der Waals surface area contributed by atoms with E-state index in [0.29, 0.717) is 23.8 Å². The van der Waals surface area contributed by atoms with Crippen molar-refractivity contribution in [2.24, 2.45) is 13.0 Å². The Balaban J connectivity index is 0.00000225. The van der Waals surface area contributed by atoms with Gasteiger partial charge in [0.15, 0.2) is 0 Å². The van der Waals surface area contributed by atoms with Crippen LogP contribution in [0, 0.1) is 12.8 Å². The van der Waals surface area contributed by atoms with Gasteiger partial charge in [-0.15, -0.1) is 0 Å². The van der Waals surface area contributed by atoms with Crippen LogP contribution in [0.2, 0.25) is 0 Å². The molecule has 1 fully saturated rings. The van der Waals surface area contributed by atoms with Gasteiger partial charge in [-0.2, -0.15) is 0 Å². The van der Waals surface area contributed by atoms with Gasteiger partial charge in [-0.3, -0.25) is 9.00 Å². The molecule has 0 bridgehead atoms. The number of rotatable bonds is 6. The average Bonchev–Trinajstić information content (AvgIpc) is 3.41. The molecule has 2 N–H and O–H groups in total. The standard InChI is InChI=1S/C19H23NO3S.H2O/c1-4-24(22)16-7-8-18(23-12-14-5-6-14)17(10-16)15-9-13(2)19(21)20(3)11-15;/h7-11,14H,4-6,12H2,1-3H3;1H2. The zero-order chi connectivity index (χ0) is 17.3. The molecule has 3 rings (SSSR count). The molecule has 1 unspecified atom stereocenters. The molecule has 1 atom stereocenters. The van der Waals surface area contributed by atoms with Gasteiger partial charge in [0.25, 0.3) is 5.56 Å². The van der Waals surface area contributed by atoms with Gasteiger partial charge in [-0.25, -0.2) is 0 Å². The van der Waals surface area contributed by atoms with E-state index in [2.05, 4.69) is 0 Å². The summed E-state index contributed by atoms with van der Waals surface area (Å²) in [5, 5.41) is 0. The highest BCUT2D eigenvalue weighted by Gasteiger charge is 2.23. The first kappa shape index (κ1) is 19.4. The minimum Gasteiger partial charge on any atom is -0.493 e. The van der Waals surface area contributed by atoms with Crippen molar-refractivity contribution < 1.29 is 14.4 Å². The highest BCUT2D eigenvalue weighted by atomic mass is 32.2. The van der Waals surface area contributed by atoms with Gasteiger partial charge >= 0.3 is 0 Å². The van der Waals surface area contributed by atoms with Crippen LogP contribution in [-0.4, -0.2) is 26.6 Å². The maximum absolute atomic E-state index is 12.2. The molecule has 0 spiro atoms. The highest BCUT2D eigenvalue weighted by Crippen LogP contribution is 2.35. The summed E-state index contributed by atoms with van der Waals surface area (Å²) in [6.07, 6.45) is 4.27. The monoisotopic (exact) mass is 363 g/mol. The largest absolute Gasteiger partial charge is 0.493 e. The molecule has 0 saturated heterocycles. The molecule has 0 amide bonds. The van der Waals surface area contributed by atoms with Crippen molar-refractivity contribution in [3.8, 4) is 16.9 Å². The van der Waals surface area contributed by atoms with Gasteiger partial charge in [0, 0.05) is 40.6 Å². The number of benzene rings is 1. The van der Waals surface area contributed by atoms with Crippen LogP contribution in [-0.2, 0) is 17.8 Å². The average molecular weight is 363 g/mol. The van der Waals surface area contributed by atoms with Crippen LogP contribution in [0.1, 0.15) is 25.3 Å². The molecule has 5 nitrogen and oxygen atoms in total. The molecule has 1 saturated carbocycles. The van der Waals surface area contributed by atoms with Crippen LogP contribution in [0.25, 0.3) is 11.1 Å². The molecule has 0 aliphatic heterocycles. The fraction of sp³-hybridized carbons (Fsp3) is 0.421. The Morgan fingerprint density at radius 1 is 1.28 bits per heavy atom. The first-order valence-corrected chi connectivity index (χ1v) is 9.64. The molecule has 2 aromatic rings. The van der Waals surface area contributed by atoms with Gasteiger partial charge in [-0.1, -0.05) is 6.92 Å². The lowest BCUT2D eigenvalue weighted by atomic mass is 10.0. The van der Waals surface area contributed by atoms with Crippen LogP contribution in [0.5, 0.6) is 5.75 Å². The molecule has 1 aliphatic rings. The van der Waals surface area contributed by atoms with Crippen LogP contribution in [0.15, 0.2) is 40.2 Å². The van der Waals surface area contributed by atoms with Crippen molar-refractivity contribution >= 4 is 10.8 Å². The van der Waals surface area contributed by atoms with Crippen LogP contribution in [0.3, 0.4) is 0 Å². The van der Waals surface area contributed by atoms with Gasteiger partial charge in [-0.05, 0) is 49.9 Å². The fourth-order valence-electron chi connectivity index (χ4n) is 2.69. The summed E-state index contributed by atoms with van der Waals surface area (Å²) in [6, 6.07) is 7.59. The number of aryl methyl sites for hydroxylation is 2. The predicted octanol–water partition coefficient (Wildman–Crippen LogP) is 2.45. The second-order valence-corrected chi connectivity index (χ2v) is 8.11. The van der Waals surface area contributed by atoms with Crippen LogP contribution in [0.4, 0.5) is 0 Å². The van der Waals surface area contributed by atoms with E-state index >= 15 is 0 Å². The summed E-state index contributed by atoms with van der Waals surface area (Å²) in [6.45, 7) is 4.43. The van der Waals surface area contributed by atoms with Crippen molar-refractivity contribution in [3.05, 3.63) is 46.4 Å². The number of aromatic nitrogens is 1. The molecule has 136 valence electrons. The Bertz CT molecular complexity index is 814. The Labute approximate surface area is 150 Å². The maximum atomic E-state index is 12.2. The summed E-state index contributed by atoms with van der Waals surface area (Å²) in [5.41, 5.74) is 2.49. The Hall–Kier alpha value is -1.92. The van der Waals surface area contributed by atoms with Gasteiger partial charge in [0.2, 0.25) is 0 Å². The molecule has 1 aromatic carbocycles. The second kappa shape index (κ2) is 7.97. The number of hydrogen-bond donors (Lipinski definition) is 0. The van der Waals surface area contributed by atoms with E-state index in [1.807, 2.05) is 44.3 Å². The van der Waals surface area contributed by atoms with E-state index in [4.69, 9.17) is 4.74 Å². The van der Waals surface area contributed by atoms with E-state index in [0.717, 1.165) is 21.8 Å². The summed E-state index contributed by atoms with van der Waals surface area (Å²) in [4.78, 5) is 12.8. The third kappa shape index (κ3) is 4.38. The third-order valence-electron chi connectivity index (χ3n) is 4.32. The highest BCUT2D eigenvalue weighted by molar-refractivity contribution is 7.85. The van der Waals surface area contributed by atoms with Crippen molar-refractivity contribution in [3.63, 3.8) is 0 Å². The molecule has 25 heavy (non-hydrogen) atoms. The van der Waals surface area contributed by atoms with E-state index < -0.39 is 10.8 Å². The minimum absolute atomic E-state index is 0. The number of pyridine rings is 1. The molecule has 0 radical (unpaired) electrons. The van der Waals surface area contributed by atoms with Crippen molar-refractivity contribution in [1.29, 1.82) is 0 Å². The predicted molar refractivity (Wildman–Crippen MR) is 101 cm³/mol. The molecular weight excluding hydrogens is 338 g/mol. The first-order valence-electron chi connectivity index (χ1n) is 8.32. The van der Waals surface area contributed by atoms with Crippen molar-refractivity contribution in [2.45, 2.75) is 31.6 Å². The summed E-state index contributed by atoms with van der Waals surface area (Å²) in [7, 11) is 0.725. The van der Waals surface area contributed by atoms with Crippen LogP contribution < -0.4 is 10.3 Å². The smallest absolute Gasteiger partial charge is 0.253 e. The summed E-state index contributed by atoms with van der Waals surface area (Å²) >= 11 is 0. The van der Waals surface area contributed by atoms with Crippen molar-refractivity contribution in [2.75, 3.05) is 12.4 Å². The molecule has 1 heterocycles. The zero-order valence-electron chi connectivity index (χ0n) is 14.9. The van der Waals surface area contributed by atoms with Crippen LogP contribution >= 0.6 is 0 Å². The lowest BCUT2D eigenvalue weighted by Gasteiger charge is -2.14. The first-order chi connectivity index (χ1) is 11.5. The fourth-order valence-corrected chi connectivity index (χ4v) is 3.49. The molecular formula is C19H25NO4S. The molecule has 1 aromatic heterocycles. The van der Waals surface area contributed by atoms with E-state index in [1.54, 1.807) is 11.6 Å². The van der Waals surface area contributed by atoms with Gasteiger partial charge in [0.05, 0.1) is 17.4 Å². The third-order valence-corrected chi connectivity index (χ3v) is 5.63. The SMILES string of the molecule is CCS(=O)c1ccc(OCC2CC2)c(-c2cc(C)c(=O)n(C)c2)c1.O. The Morgan fingerprint density at radius 2 is 2.00 bits per heavy atom. The van der Waals surface area contributed by atoms with E-state index in [1.165, 1.54) is 12.8 Å². The lowest BCUT2D eigenvalue weighted by molar-refractivity contribution is 0.301. The zero-order valence-corrected chi connectivity index (χ0v) is 15.7. The Kier molecular flexibility index (Phi) is 6.19. The topological polar surface area (TPSA) is 79.8 Å².